The Morgan fingerprint density at radius 2 is 1.82 bits per heavy atom. The standard InChI is InChI=1S/C23H21N5O3S3/c24-18-21(29)28-19(16(12-32-22(18)28)33-13-34-17-11-25-27-26-17)23(30)31-20(14-7-3-1-4-8-14)15-9-5-2-6-10-15/h1-11,18,20,22H,12-13,24H2,(H,25,26,27)/t18-,22-/m1/s1. The van der Waals surface area contributed by atoms with Crippen molar-refractivity contribution in [2.24, 2.45) is 5.73 Å². The normalized spacial score (nSPS) is 19.7. The molecule has 34 heavy (non-hydrogen) atoms. The molecule has 0 spiro atoms. The van der Waals surface area contributed by atoms with Gasteiger partial charge < -0.3 is 10.5 Å². The van der Waals surface area contributed by atoms with E-state index < -0.39 is 18.1 Å². The van der Waals surface area contributed by atoms with Crippen molar-refractivity contribution in [1.82, 2.24) is 20.3 Å². The Hall–Kier alpha value is -2.73. The molecule has 0 bridgehead atoms. The molecule has 5 rings (SSSR count). The smallest absolute Gasteiger partial charge is 0.356 e. The maximum Gasteiger partial charge on any atom is 0.356 e. The van der Waals surface area contributed by atoms with Crippen LogP contribution in [0, 0.1) is 0 Å². The summed E-state index contributed by atoms with van der Waals surface area (Å²) >= 11 is 4.56. The molecule has 2 atom stereocenters. The predicted octanol–water partition coefficient (Wildman–Crippen LogP) is 3.37. The van der Waals surface area contributed by atoms with E-state index in [0.717, 1.165) is 21.1 Å². The molecule has 1 saturated heterocycles. The number of H-pyrrole nitrogens is 1. The van der Waals surface area contributed by atoms with Gasteiger partial charge in [0, 0.05) is 10.7 Å². The fourth-order valence-electron chi connectivity index (χ4n) is 3.76. The molecule has 0 unspecified atom stereocenters. The third-order valence-electron chi connectivity index (χ3n) is 5.43. The summed E-state index contributed by atoms with van der Waals surface area (Å²) in [5.74, 6) is -0.211. The van der Waals surface area contributed by atoms with Gasteiger partial charge in [-0.25, -0.2) is 4.79 Å². The number of benzene rings is 2. The first kappa shape index (κ1) is 23.0. The number of β-lactam (4-membered cyclic amide) rings is 1. The lowest BCUT2D eigenvalue weighted by Gasteiger charge is -2.48. The van der Waals surface area contributed by atoms with Crippen LogP contribution in [0.3, 0.4) is 0 Å². The minimum absolute atomic E-state index is 0.255. The van der Waals surface area contributed by atoms with Crippen molar-refractivity contribution in [3.8, 4) is 0 Å². The third kappa shape index (κ3) is 4.61. The van der Waals surface area contributed by atoms with Crippen LogP contribution in [0.25, 0.3) is 0 Å². The number of fused-ring (bicyclic) bond motifs is 1. The Bertz CT molecular complexity index is 1150. The minimum atomic E-state index is -0.608. The van der Waals surface area contributed by atoms with Crippen LogP contribution in [0.15, 0.2) is 82.5 Å². The number of hydrogen-bond acceptors (Lipinski definition) is 9. The average Bonchev–Trinajstić information content (AvgIpc) is 3.41. The lowest BCUT2D eigenvalue weighted by atomic mass is 10.0. The van der Waals surface area contributed by atoms with Crippen LogP contribution < -0.4 is 5.73 Å². The maximum absolute atomic E-state index is 13.6. The molecular weight excluding hydrogens is 490 g/mol. The first-order valence-corrected chi connectivity index (χ1v) is 13.5. The summed E-state index contributed by atoms with van der Waals surface area (Å²) in [6.07, 6.45) is 1.04. The summed E-state index contributed by atoms with van der Waals surface area (Å²) < 4.78 is 6.09. The van der Waals surface area contributed by atoms with Crippen molar-refractivity contribution in [1.29, 1.82) is 0 Å². The number of amides is 1. The lowest BCUT2D eigenvalue weighted by Crippen LogP contribution is -2.68. The Morgan fingerprint density at radius 1 is 1.15 bits per heavy atom. The topological polar surface area (TPSA) is 114 Å². The van der Waals surface area contributed by atoms with Crippen molar-refractivity contribution in [3.05, 3.63) is 88.6 Å². The summed E-state index contributed by atoms with van der Waals surface area (Å²) in [6.45, 7) is 0. The number of rotatable bonds is 8. The molecule has 0 radical (unpaired) electrons. The fourth-order valence-corrected chi connectivity index (χ4v) is 7.27. The highest BCUT2D eigenvalue weighted by molar-refractivity contribution is 8.18. The zero-order valence-electron chi connectivity index (χ0n) is 17.9. The number of esters is 1. The number of aromatic amines is 1. The minimum Gasteiger partial charge on any atom is -0.448 e. The van der Waals surface area contributed by atoms with Gasteiger partial charge in [0.2, 0.25) is 5.91 Å². The number of thioether (sulfide) groups is 3. The highest BCUT2D eigenvalue weighted by Crippen LogP contribution is 2.44. The molecule has 2 aliphatic rings. The van der Waals surface area contributed by atoms with E-state index in [9.17, 15) is 9.59 Å². The fraction of sp³-hybridized carbons (Fsp3) is 0.217. The van der Waals surface area contributed by atoms with Gasteiger partial charge in [0.15, 0.2) is 6.10 Å². The van der Waals surface area contributed by atoms with Gasteiger partial charge in [-0.05, 0) is 11.1 Å². The highest BCUT2D eigenvalue weighted by Gasteiger charge is 2.52. The Labute approximate surface area is 209 Å². The SMILES string of the molecule is N[C@@H]1C(=O)N2C(C(=O)OC(c3ccccc3)c3ccccc3)=C(SCSc3cn[nH]n3)CS[C@H]12. The Balaban J connectivity index is 1.43. The van der Waals surface area contributed by atoms with Gasteiger partial charge in [0.05, 0.1) is 11.3 Å². The van der Waals surface area contributed by atoms with Crippen molar-refractivity contribution in [2.45, 2.75) is 22.5 Å². The Kier molecular flexibility index (Phi) is 6.95. The second-order valence-corrected chi connectivity index (χ2v) is 11.1. The molecule has 0 saturated carbocycles. The highest BCUT2D eigenvalue weighted by atomic mass is 32.2. The summed E-state index contributed by atoms with van der Waals surface area (Å²) in [5.41, 5.74) is 8.01. The van der Waals surface area contributed by atoms with E-state index in [2.05, 4.69) is 15.4 Å². The monoisotopic (exact) mass is 511 g/mol. The van der Waals surface area contributed by atoms with Gasteiger partial charge >= 0.3 is 5.97 Å². The molecule has 2 aliphatic heterocycles. The lowest BCUT2D eigenvalue weighted by molar-refractivity contribution is -0.152. The molecule has 3 heterocycles. The largest absolute Gasteiger partial charge is 0.448 e. The van der Waals surface area contributed by atoms with E-state index >= 15 is 0 Å². The molecule has 2 aromatic carbocycles. The average molecular weight is 512 g/mol. The summed E-state index contributed by atoms with van der Waals surface area (Å²) in [4.78, 5) is 28.6. The van der Waals surface area contributed by atoms with Gasteiger partial charge in [-0.1, -0.05) is 72.4 Å². The van der Waals surface area contributed by atoms with Gasteiger partial charge in [0.25, 0.3) is 0 Å². The first-order valence-electron chi connectivity index (χ1n) is 10.5. The molecule has 11 heteroatoms. The number of nitrogens with two attached hydrogens (primary N) is 1. The van der Waals surface area contributed by atoms with Crippen molar-refractivity contribution in [3.63, 3.8) is 0 Å². The summed E-state index contributed by atoms with van der Waals surface area (Å²) in [7, 11) is 0. The number of nitrogens with zero attached hydrogens (tertiary/aromatic N) is 3. The van der Waals surface area contributed by atoms with Gasteiger partial charge in [-0.3, -0.25) is 9.69 Å². The van der Waals surface area contributed by atoms with Crippen LogP contribution in [0.2, 0.25) is 0 Å². The number of hydrogen-bond donors (Lipinski definition) is 2. The van der Waals surface area contributed by atoms with E-state index in [4.69, 9.17) is 10.5 Å². The molecule has 3 aromatic rings. The van der Waals surface area contributed by atoms with Crippen LogP contribution in [0.5, 0.6) is 0 Å². The van der Waals surface area contributed by atoms with Crippen molar-refractivity contribution < 1.29 is 14.3 Å². The zero-order valence-corrected chi connectivity index (χ0v) is 20.3. The van der Waals surface area contributed by atoms with E-state index in [1.807, 2.05) is 60.7 Å². The molecular formula is C23H21N5O3S3. The van der Waals surface area contributed by atoms with Crippen LogP contribution in [0.4, 0.5) is 0 Å². The molecule has 3 N–H and O–H groups in total. The van der Waals surface area contributed by atoms with Gasteiger partial charge in [-0.15, -0.1) is 28.6 Å². The van der Waals surface area contributed by atoms with Gasteiger partial charge in [0.1, 0.15) is 22.1 Å². The zero-order chi connectivity index (χ0) is 23.5. The molecule has 174 valence electrons. The van der Waals surface area contributed by atoms with Crippen LogP contribution >= 0.6 is 35.3 Å². The number of carbonyl (C=O) groups is 2. The maximum atomic E-state index is 13.6. The number of ether oxygens (including phenoxy) is 1. The number of nitrogens with one attached hydrogen (secondary N) is 1. The molecule has 0 aliphatic carbocycles. The van der Waals surface area contributed by atoms with Crippen molar-refractivity contribution in [2.75, 3.05) is 10.8 Å². The van der Waals surface area contributed by atoms with Gasteiger partial charge in [-0.2, -0.15) is 10.3 Å². The first-order chi connectivity index (χ1) is 16.6. The second-order valence-electron chi connectivity index (χ2n) is 7.53. The van der Waals surface area contributed by atoms with E-state index in [1.54, 1.807) is 18.0 Å². The summed E-state index contributed by atoms with van der Waals surface area (Å²) in [6, 6.07) is 18.6. The van der Waals surface area contributed by atoms with Crippen molar-refractivity contribution >= 4 is 47.2 Å². The predicted molar refractivity (Wildman–Crippen MR) is 134 cm³/mol. The second kappa shape index (κ2) is 10.3. The van der Waals surface area contributed by atoms with Crippen LogP contribution in [-0.4, -0.2) is 54.4 Å². The molecule has 8 nitrogen and oxygen atoms in total. The third-order valence-corrected chi connectivity index (χ3v) is 9.04. The van der Waals surface area contributed by atoms with Crippen LogP contribution in [0.1, 0.15) is 17.2 Å². The summed E-state index contributed by atoms with van der Waals surface area (Å²) in [5, 5.41) is 11.5. The van der Waals surface area contributed by atoms with E-state index in [0.29, 0.717) is 10.8 Å². The van der Waals surface area contributed by atoms with E-state index in [1.165, 1.54) is 28.4 Å². The number of carbonyl (C=O) groups excluding carboxylic acids is 2. The number of aromatic nitrogens is 3. The molecule has 1 amide bonds. The quantitative estimate of drug-likeness (QED) is 0.203. The van der Waals surface area contributed by atoms with Crippen LogP contribution in [-0.2, 0) is 14.3 Å². The van der Waals surface area contributed by atoms with E-state index in [-0.39, 0.29) is 17.0 Å². The Morgan fingerprint density at radius 3 is 2.44 bits per heavy atom. The molecule has 1 aromatic heterocycles. The molecule has 1 fully saturated rings.